The summed E-state index contributed by atoms with van der Waals surface area (Å²) in [6, 6.07) is 7.20. The fourth-order valence-corrected chi connectivity index (χ4v) is 5.08. The van der Waals surface area contributed by atoms with Gasteiger partial charge < -0.3 is 20.1 Å². The van der Waals surface area contributed by atoms with Crippen LogP contribution in [-0.4, -0.2) is 48.7 Å². The number of rotatable bonds is 20. The van der Waals surface area contributed by atoms with E-state index in [1.165, 1.54) is 83.5 Å². The number of aliphatic hydroxyl groups excluding tert-OH is 1. The molecule has 0 spiro atoms. The third kappa shape index (κ3) is 12.8. The largest absolute Gasteiger partial charge is 0.497 e. The van der Waals surface area contributed by atoms with Crippen molar-refractivity contribution in [3.8, 4) is 5.75 Å². The first-order chi connectivity index (χ1) is 17.1. The van der Waals surface area contributed by atoms with Gasteiger partial charge in [0.05, 0.1) is 13.2 Å². The molecule has 1 aromatic rings. The summed E-state index contributed by atoms with van der Waals surface area (Å²) in [4.78, 5) is 15.1. The molecule has 0 aliphatic carbocycles. The lowest BCUT2D eigenvalue weighted by Gasteiger charge is -2.29. The van der Waals surface area contributed by atoms with Gasteiger partial charge in [-0.2, -0.15) is 0 Å². The quantitative estimate of drug-likeness (QED) is 0.198. The molecule has 2 N–H and O–H groups in total. The molecule has 5 nitrogen and oxygen atoms in total. The SMILES string of the molecule is CCCCCCCCCCCCCCCC(=O)N[C@@H](CN1CCCC1)[C@@H](O)c1ccc(OC)cc1. The van der Waals surface area contributed by atoms with E-state index in [2.05, 4.69) is 17.1 Å². The van der Waals surface area contributed by atoms with Crippen molar-refractivity contribution < 1.29 is 14.6 Å². The lowest BCUT2D eigenvalue weighted by atomic mass is 10.0. The lowest BCUT2D eigenvalue weighted by Crippen LogP contribution is -2.46. The van der Waals surface area contributed by atoms with Gasteiger partial charge in [0.25, 0.3) is 0 Å². The van der Waals surface area contributed by atoms with Crippen molar-refractivity contribution in [3.05, 3.63) is 29.8 Å². The summed E-state index contributed by atoms with van der Waals surface area (Å²) in [6.07, 6.45) is 19.1. The molecular formula is C30H52N2O3. The molecule has 1 amide bonds. The first-order valence-electron chi connectivity index (χ1n) is 14.5. The van der Waals surface area contributed by atoms with Gasteiger partial charge in [0, 0.05) is 13.0 Å². The Kier molecular flexibility index (Phi) is 15.8. The summed E-state index contributed by atoms with van der Waals surface area (Å²) in [5.41, 5.74) is 0.816. The summed E-state index contributed by atoms with van der Waals surface area (Å²) in [5, 5.41) is 14.2. The summed E-state index contributed by atoms with van der Waals surface area (Å²) in [6.45, 7) is 5.05. The van der Waals surface area contributed by atoms with E-state index >= 15 is 0 Å². The van der Waals surface area contributed by atoms with Gasteiger partial charge in [-0.1, -0.05) is 96.1 Å². The van der Waals surface area contributed by atoms with Gasteiger partial charge >= 0.3 is 0 Å². The highest BCUT2D eigenvalue weighted by Crippen LogP contribution is 2.22. The number of benzene rings is 1. The van der Waals surface area contributed by atoms with E-state index < -0.39 is 6.10 Å². The van der Waals surface area contributed by atoms with E-state index in [9.17, 15) is 9.90 Å². The van der Waals surface area contributed by atoms with E-state index in [4.69, 9.17) is 4.74 Å². The van der Waals surface area contributed by atoms with Crippen LogP contribution in [0.2, 0.25) is 0 Å². The van der Waals surface area contributed by atoms with Crippen LogP contribution in [0.5, 0.6) is 5.75 Å². The number of nitrogens with one attached hydrogen (secondary N) is 1. The first kappa shape index (κ1) is 29.6. The average molecular weight is 489 g/mol. The Morgan fingerprint density at radius 3 is 1.91 bits per heavy atom. The van der Waals surface area contributed by atoms with E-state index in [1.54, 1.807) is 7.11 Å². The monoisotopic (exact) mass is 488 g/mol. The van der Waals surface area contributed by atoms with Gasteiger partial charge in [0.15, 0.2) is 0 Å². The highest BCUT2D eigenvalue weighted by atomic mass is 16.5. The van der Waals surface area contributed by atoms with Crippen LogP contribution in [0, 0.1) is 0 Å². The predicted molar refractivity (Wildman–Crippen MR) is 146 cm³/mol. The number of ether oxygens (including phenoxy) is 1. The second-order valence-corrected chi connectivity index (χ2v) is 10.4. The summed E-state index contributed by atoms with van der Waals surface area (Å²) in [7, 11) is 1.64. The van der Waals surface area contributed by atoms with Crippen LogP contribution < -0.4 is 10.1 Å². The number of hydrogen-bond acceptors (Lipinski definition) is 4. The Hall–Kier alpha value is -1.59. The molecule has 1 aliphatic rings. The number of amides is 1. The van der Waals surface area contributed by atoms with Crippen molar-refractivity contribution in [1.29, 1.82) is 0 Å². The van der Waals surface area contributed by atoms with Crippen LogP contribution in [-0.2, 0) is 4.79 Å². The van der Waals surface area contributed by atoms with Gasteiger partial charge in [-0.05, 0) is 50.0 Å². The number of nitrogens with zero attached hydrogens (tertiary/aromatic N) is 1. The van der Waals surface area contributed by atoms with Crippen LogP contribution in [0.3, 0.4) is 0 Å². The van der Waals surface area contributed by atoms with Crippen LogP contribution in [0.4, 0.5) is 0 Å². The summed E-state index contributed by atoms with van der Waals surface area (Å²) >= 11 is 0. The third-order valence-electron chi connectivity index (χ3n) is 7.35. The van der Waals surface area contributed by atoms with Crippen LogP contribution in [0.25, 0.3) is 0 Å². The minimum atomic E-state index is -0.725. The van der Waals surface area contributed by atoms with Gasteiger partial charge in [-0.25, -0.2) is 0 Å². The molecule has 200 valence electrons. The Morgan fingerprint density at radius 2 is 1.40 bits per heavy atom. The fraction of sp³-hybridized carbons (Fsp3) is 0.767. The molecule has 0 saturated carbocycles. The average Bonchev–Trinajstić information content (AvgIpc) is 3.39. The molecule has 2 atom stereocenters. The maximum absolute atomic E-state index is 12.7. The maximum Gasteiger partial charge on any atom is 0.220 e. The van der Waals surface area contributed by atoms with E-state index in [1.807, 2.05) is 24.3 Å². The molecule has 1 fully saturated rings. The summed E-state index contributed by atoms with van der Waals surface area (Å²) < 4.78 is 5.23. The van der Waals surface area contributed by atoms with Crippen molar-refractivity contribution in [2.45, 2.75) is 122 Å². The van der Waals surface area contributed by atoms with E-state index in [0.29, 0.717) is 13.0 Å². The number of aliphatic hydroxyl groups is 1. The Balaban J connectivity index is 1.62. The minimum Gasteiger partial charge on any atom is -0.497 e. The minimum absolute atomic E-state index is 0.0600. The van der Waals surface area contributed by atoms with Crippen molar-refractivity contribution in [3.63, 3.8) is 0 Å². The zero-order valence-electron chi connectivity index (χ0n) is 22.6. The van der Waals surface area contributed by atoms with Gasteiger partial charge in [-0.3, -0.25) is 4.79 Å². The van der Waals surface area contributed by atoms with Crippen molar-refractivity contribution in [2.24, 2.45) is 0 Å². The second kappa shape index (κ2) is 18.6. The first-order valence-corrected chi connectivity index (χ1v) is 14.5. The molecule has 0 aromatic heterocycles. The van der Waals surface area contributed by atoms with Crippen molar-refractivity contribution in [1.82, 2.24) is 10.2 Å². The fourth-order valence-electron chi connectivity index (χ4n) is 5.08. The molecule has 1 saturated heterocycles. The molecule has 1 heterocycles. The molecule has 1 aromatic carbocycles. The molecular weight excluding hydrogens is 436 g/mol. The Labute approximate surface area is 215 Å². The van der Waals surface area contributed by atoms with Crippen LogP contribution >= 0.6 is 0 Å². The number of unbranched alkanes of at least 4 members (excludes halogenated alkanes) is 12. The predicted octanol–water partition coefficient (Wildman–Crippen LogP) is 6.79. The van der Waals surface area contributed by atoms with E-state index in [-0.39, 0.29) is 11.9 Å². The highest BCUT2D eigenvalue weighted by Gasteiger charge is 2.26. The smallest absolute Gasteiger partial charge is 0.220 e. The normalized spacial score (nSPS) is 15.7. The Morgan fingerprint density at radius 1 is 0.886 bits per heavy atom. The van der Waals surface area contributed by atoms with Crippen molar-refractivity contribution in [2.75, 3.05) is 26.7 Å². The van der Waals surface area contributed by atoms with E-state index in [0.717, 1.165) is 37.2 Å². The molecule has 35 heavy (non-hydrogen) atoms. The molecule has 0 radical (unpaired) electrons. The zero-order chi connectivity index (χ0) is 25.1. The molecule has 1 aliphatic heterocycles. The topological polar surface area (TPSA) is 61.8 Å². The van der Waals surface area contributed by atoms with Gasteiger partial charge in [-0.15, -0.1) is 0 Å². The number of likely N-dealkylation sites (tertiary alicyclic amines) is 1. The highest BCUT2D eigenvalue weighted by molar-refractivity contribution is 5.76. The number of hydrogen-bond donors (Lipinski definition) is 2. The lowest BCUT2D eigenvalue weighted by molar-refractivity contribution is -0.123. The molecule has 5 heteroatoms. The number of carbonyl (C=O) groups is 1. The number of methoxy groups -OCH3 is 1. The van der Waals surface area contributed by atoms with Crippen LogP contribution in [0.15, 0.2) is 24.3 Å². The molecule has 0 bridgehead atoms. The van der Waals surface area contributed by atoms with Gasteiger partial charge in [0.1, 0.15) is 11.9 Å². The number of carbonyl (C=O) groups excluding carboxylic acids is 1. The standard InChI is InChI=1S/C30H52N2O3/c1-3-4-5-6-7-8-9-10-11-12-13-14-15-18-29(33)31-28(25-32-23-16-17-24-32)30(34)26-19-21-27(35-2)22-20-26/h19-22,28,30,34H,3-18,23-25H2,1-2H3,(H,31,33)/t28-,30-/m0/s1. The maximum atomic E-state index is 12.7. The van der Waals surface area contributed by atoms with Gasteiger partial charge in [0.2, 0.25) is 5.91 Å². The second-order valence-electron chi connectivity index (χ2n) is 10.4. The third-order valence-corrected chi connectivity index (χ3v) is 7.35. The zero-order valence-corrected chi connectivity index (χ0v) is 22.6. The Bertz CT molecular complexity index is 658. The van der Waals surface area contributed by atoms with Crippen LogP contribution in [0.1, 0.15) is 121 Å². The molecule has 0 unspecified atom stereocenters. The summed E-state index contributed by atoms with van der Waals surface area (Å²) in [5.74, 6) is 0.827. The molecule has 2 rings (SSSR count). The van der Waals surface area contributed by atoms with Crippen molar-refractivity contribution >= 4 is 5.91 Å².